The summed E-state index contributed by atoms with van der Waals surface area (Å²) in [5.74, 6) is 0.565. The highest BCUT2D eigenvalue weighted by Crippen LogP contribution is 2.51. The van der Waals surface area contributed by atoms with E-state index in [0.717, 1.165) is 4.31 Å². The molecule has 3 rings (SSSR count). The molecule has 0 fully saturated rings. The van der Waals surface area contributed by atoms with Gasteiger partial charge in [-0.25, -0.2) is 8.42 Å². The molecule has 3 aromatic carbocycles. The summed E-state index contributed by atoms with van der Waals surface area (Å²) in [6.07, 6.45) is -0.544. The second kappa shape index (κ2) is 10.6. The minimum absolute atomic E-state index is 0.0809. The molecule has 0 saturated heterocycles. The van der Waals surface area contributed by atoms with E-state index in [1.165, 1.54) is 25.3 Å². The Hall–Kier alpha value is -1.80. The topological polar surface area (TPSA) is 82.1 Å². The minimum Gasteiger partial charge on any atom is -0.496 e. The largest absolute Gasteiger partial charge is 0.496 e. The van der Waals surface area contributed by atoms with Gasteiger partial charge in [-0.1, -0.05) is 47.5 Å². The Morgan fingerprint density at radius 2 is 1.48 bits per heavy atom. The third kappa shape index (κ3) is 5.65. The lowest BCUT2D eigenvalue weighted by molar-refractivity contribution is 0.221. The van der Waals surface area contributed by atoms with Crippen LogP contribution in [0.25, 0.3) is 10.8 Å². The number of halogens is 2. The molecule has 0 aliphatic rings. The number of hydrogen-bond acceptors (Lipinski definition) is 6. The van der Waals surface area contributed by atoms with Crippen molar-refractivity contribution in [3.63, 3.8) is 0 Å². The van der Waals surface area contributed by atoms with Gasteiger partial charge in [-0.05, 0) is 44.2 Å². The van der Waals surface area contributed by atoms with E-state index in [1.54, 1.807) is 44.2 Å². The number of methoxy groups -OCH3 is 1. The zero-order valence-electron chi connectivity index (χ0n) is 18.3. The maximum Gasteiger partial charge on any atom is 0.350 e. The van der Waals surface area contributed by atoms with Crippen LogP contribution >= 0.6 is 30.8 Å². The quantitative estimate of drug-likeness (QED) is 0.275. The van der Waals surface area contributed by atoms with Crippen LogP contribution in [-0.2, 0) is 23.6 Å². The van der Waals surface area contributed by atoms with E-state index < -0.39 is 23.9 Å². The van der Waals surface area contributed by atoms with Gasteiger partial charge in [0.15, 0.2) is 0 Å². The van der Waals surface area contributed by atoms with Gasteiger partial charge in [0.1, 0.15) is 12.0 Å². The molecule has 33 heavy (non-hydrogen) atoms. The predicted molar refractivity (Wildman–Crippen MR) is 132 cm³/mol. The van der Waals surface area contributed by atoms with Crippen molar-refractivity contribution < 1.29 is 26.8 Å². The van der Waals surface area contributed by atoms with E-state index in [0.29, 0.717) is 16.5 Å². The number of anilines is 1. The Kier molecular flexibility index (Phi) is 8.32. The Morgan fingerprint density at radius 1 is 0.909 bits per heavy atom. The molecule has 7 nitrogen and oxygen atoms in total. The maximum absolute atomic E-state index is 13.9. The summed E-state index contributed by atoms with van der Waals surface area (Å²) < 4.78 is 58.4. The van der Waals surface area contributed by atoms with Crippen LogP contribution in [0.4, 0.5) is 5.69 Å². The second-order valence-electron chi connectivity index (χ2n) is 6.88. The first kappa shape index (κ1) is 25.8. The van der Waals surface area contributed by atoms with Crippen molar-refractivity contribution in [3.05, 3.63) is 64.6 Å². The van der Waals surface area contributed by atoms with Crippen LogP contribution in [-0.4, -0.2) is 35.0 Å². The Bertz CT molecular complexity index is 1270. The number of ether oxygens (including phenoxy) is 1. The molecule has 0 aromatic heterocycles. The number of sulfonamides is 1. The first-order valence-corrected chi connectivity index (χ1v) is 14.0. The van der Waals surface area contributed by atoms with Gasteiger partial charge < -0.3 is 13.8 Å². The van der Waals surface area contributed by atoms with Gasteiger partial charge in [0.2, 0.25) is 0 Å². The van der Waals surface area contributed by atoms with Crippen LogP contribution in [0.15, 0.2) is 59.5 Å². The number of benzene rings is 3. The summed E-state index contributed by atoms with van der Waals surface area (Å²) in [5, 5.41) is 1.56. The third-order valence-corrected chi connectivity index (χ3v) is 9.02. The zero-order chi connectivity index (χ0) is 24.2. The van der Waals surface area contributed by atoms with Crippen molar-refractivity contribution in [2.75, 3.05) is 30.9 Å². The van der Waals surface area contributed by atoms with Crippen LogP contribution < -0.4 is 9.04 Å². The summed E-state index contributed by atoms with van der Waals surface area (Å²) >= 11 is 12.2. The highest BCUT2D eigenvalue weighted by Gasteiger charge is 2.36. The van der Waals surface area contributed by atoms with Crippen molar-refractivity contribution in [1.29, 1.82) is 0 Å². The monoisotopic (exact) mass is 531 g/mol. The SMILES string of the molecule is CCOP(=O)(CN(c1cccc2c(OC)cccc12)S(=O)(=O)c1cc(Cl)cc(Cl)c1)OCC. The molecule has 0 unspecified atom stereocenters. The third-order valence-electron chi connectivity index (χ3n) is 4.72. The van der Waals surface area contributed by atoms with Crippen molar-refractivity contribution >= 4 is 57.3 Å². The Morgan fingerprint density at radius 3 is 2.06 bits per heavy atom. The average molecular weight is 532 g/mol. The van der Waals surface area contributed by atoms with Gasteiger partial charge in [0.25, 0.3) is 10.0 Å². The summed E-state index contributed by atoms with van der Waals surface area (Å²) in [4.78, 5) is -0.153. The fourth-order valence-corrected chi connectivity index (χ4v) is 7.82. The molecule has 0 aliphatic carbocycles. The van der Waals surface area contributed by atoms with Crippen LogP contribution in [0.2, 0.25) is 10.0 Å². The van der Waals surface area contributed by atoms with Crippen LogP contribution in [0, 0.1) is 0 Å². The minimum atomic E-state index is -4.29. The zero-order valence-corrected chi connectivity index (χ0v) is 21.5. The van der Waals surface area contributed by atoms with E-state index >= 15 is 0 Å². The summed E-state index contributed by atoms with van der Waals surface area (Å²) in [7, 11) is -6.59. The second-order valence-corrected chi connectivity index (χ2v) is 11.6. The smallest absolute Gasteiger partial charge is 0.350 e. The first-order valence-electron chi connectivity index (χ1n) is 10.1. The van der Waals surface area contributed by atoms with Gasteiger partial charge in [0.05, 0.1) is 30.9 Å². The molecule has 0 amide bonds. The van der Waals surface area contributed by atoms with Gasteiger partial charge in [-0.3, -0.25) is 8.87 Å². The van der Waals surface area contributed by atoms with Crippen LogP contribution in [0.1, 0.15) is 13.8 Å². The van der Waals surface area contributed by atoms with Crippen molar-refractivity contribution in [3.8, 4) is 5.75 Å². The lowest BCUT2D eigenvalue weighted by Crippen LogP contribution is -2.33. The molecule has 178 valence electrons. The maximum atomic E-state index is 13.9. The summed E-state index contributed by atoms with van der Waals surface area (Å²) in [6.45, 7) is 3.48. The van der Waals surface area contributed by atoms with E-state index in [-0.39, 0.29) is 33.8 Å². The molecule has 0 radical (unpaired) electrons. The summed E-state index contributed by atoms with van der Waals surface area (Å²) in [6, 6.07) is 14.4. The number of fused-ring (bicyclic) bond motifs is 1. The molecule has 11 heteroatoms. The lowest BCUT2D eigenvalue weighted by atomic mass is 10.1. The highest BCUT2D eigenvalue weighted by molar-refractivity contribution is 7.93. The molecule has 0 saturated carbocycles. The van der Waals surface area contributed by atoms with Crippen LogP contribution in [0.3, 0.4) is 0 Å². The number of rotatable bonds is 10. The lowest BCUT2D eigenvalue weighted by Gasteiger charge is -2.29. The molecule has 3 aromatic rings. The first-order chi connectivity index (χ1) is 15.6. The molecule has 0 heterocycles. The van der Waals surface area contributed by atoms with E-state index in [2.05, 4.69) is 0 Å². The molecular weight excluding hydrogens is 508 g/mol. The highest BCUT2D eigenvalue weighted by atomic mass is 35.5. The van der Waals surface area contributed by atoms with E-state index in [4.69, 9.17) is 37.0 Å². The van der Waals surface area contributed by atoms with E-state index in [9.17, 15) is 13.0 Å². The van der Waals surface area contributed by atoms with Gasteiger partial charge in [-0.15, -0.1) is 0 Å². The summed E-state index contributed by atoms with van der Waals surface area (Å²) in [5.41, 5.74) is 0.280. The van der Waals surface area contributed by atoms with Crippen molar-refractivity contribution in [1.82, 2.24) is 0 Å². The molecular formula is C22H24Cl2NO6PS. The van der Waals surface area contributed by atoms with E-state index in [1.807, 2.05) is 6.07 Å². The van der Waals surface area contributed by atoms with Gasteiger partial charge in [0, 0.05) is 20.8 Å². The van der Waals surface area contributed by atoms with Crippen LogP contribution in [0.5, 0.6) is 5.75 Å². The number of nitrogens with zero attached hydrogens (tertiary/aromatic N) is 1. The standard InChI is InChI=1S/C22H24Cl2NO6PS/c1-4-30-32(26,31-5-2)15-25(33(27,28)18-13-16(23)12-17(24)14-18)21-10-6-9-20-19(21)8-7-11-22(20)29-3/h6-14H,4-5,15H2,1-3H3. The van der Waals surface area contributed by atoms with Crippen molar-refractivity contribution in [2.24, 2.45) is 0 Å². The molecule has 0 N–H and O–H groups in total. The van der Waals surface area contributed by atoms with Gasteiger partial charge >= 0.3 is 7.60 Å². The predicted octanol–water partition coefficient (Wildman–Crippen LogP) is 6.57. The Labute approximate surface area is 203 Å². The van der Waals surface area contributed by atoms with Gasteiger partial charge in [-0.2, -0.15) is 0 Å². The molecule has 0 bridgehead atoms. The average Bonchev–Trinajstić information content (AvgIpc) is 2.76. The molecule has 0 atom stereocenters. The van der Waals surface area contributed by atoms with Crippen molar-refractivity contribution in [2.45, 2.75) is 18.7 Å². The number of hydrogen-bond donors (Lipinski definition) is 0. The Balaban J connectivity index is 2.29. The normalized spacial score (nSPS) is 12.2. The fourth-order valence-electron chi connectivity index (χ4n) is 3.42. The molecule has 0 spiro atoms. The molecule has 0 aliphatic heterocycles. The fraction of sp³-hybridized carbons (Fsp3) is 0.273.